The predicted octanol–water partition coefficient (Wildman–Crippen LogP) is 2.72. The molecule has 2 rings (SSSR count). The van der Waals surface area contributed by atoms with Crippen LogP contribution in [0.1, 0.15) is 23.5 Å². The lowest BCUT2D eigenvalue weighted by atomic mass is 10.2. The first-order valence-corrected chi connectivity index (χ1v) is 9.02. The maximum atomic E-state index is 12.2. The van der Waals surface area contributed by atoms with E-state index in [1.165, 1.54) is 4.90 Å². The average Bonchev–Trinajstić information content (AvgIpc) is 2.90. The van der Waals surface area contributed by atoms with Crippen LogP contribution in [0.2, 0.25) is 0 Å². The fourth-order valence-corrected chi connectivity index (χ4v) is 3.40. The van der Waals surface area contributed by atoms with Crippen molar-refractivity contribution in [1.82, 2.24) is 4.90 Å². The number of sulfone groups is 1. The Labute approximate surface area is 136 Å². The van der Waals surface area contributed by atoms with Crippen LogP contribution in [-0.4, -0.2) is 32.0 Å². The molecule has 1 amide bonds. The number of furan rings is 1. The lowest BCUT2D eigenvalue weighted by Crippen LogP contribution is -2.27. The maximum Gasteiger partial charge on any atom is 0.223 e. The second kappa shape index (κ2) is 7.00. The number of aryl methyl sites for hydroxylation is 2. The van der Waals surface area contributed by atoms with Crippen LogP contribution in [0.3, 0.4) is 0 Å². The Bertz CT molecular complexity index is 775. The van der Waals surface area contributed by atoms with Crippen LogP contribution >= 0.6 is 0 Å². The van der Waals surface area contributed by atoms with Gasteiger partial charge < -0.3 is 9.32 Å². The fraction of sp³-hybridized carbons (Fsp3) is 0.353. The molecule has 0 aliphatic rings. The highest BCUT2D eigenvalue weighted by Crippen LogP contribution is 2.14. The van der Waals surface area contributed by atoms with Gasteiger partial charge in [-0.05, 0) is 38.1 Å². The van der Waals surface area contributed by atoms with Crippen molar-refractivity contribution >= 4 is 15.7 Å². The van der Waals surface area contributed by atoms with Crippen molar-refractivity contribution in [2.24, 2.45) is 0 Å². The van der Waals surface area contributed by atoms with Gasteiger partial charge in [-0.3, -0.25) is 4.79 Å². The summed E-state index contributed by atoms with van der Waals surface area (Å²) >= 11 is 0. The summed E-state index contributed by atoms with van der Waals surface area (Å²) in [5.41, 5.74) is 0.994. The average molecular weight is 335 g/mol. The molecule has 1 aromatic heterocycles. The third kappa shape index (κ3) is 4.69. The monoisotopic (exact) mass is 335 g/mol. The Morgan fingerprint density at radius 2 is 1.74 bits per heavy atom. The van der Waals surface area contributed by atoms with Crippen molar-refractivity contribution in [1.29, 1.82) is 0 Å². The van der Waals surface area contributed by atoms with Crippen molar-refractivity contribution < 1.29 is 17.6 Å². The van der Waals surface area contributed by atoms with Crippen molar-refractivity contribution in [2.45, 2.75) is 31.7 Å². The van der Waals surface area contributed by atoms with Gasteiger partial charge in [0, 0.05) is 13.5 Å². The number of carbonyl (C=O) groups excluding carboxylic acids is 1. The van der Waals surface area contributed by atoms with E-state index in [1.54, 1.807) is 31.3 Å². The van der Waals surface area contributed by atoms with E-state index in [9.17, 15) is 13.2 Å². The molecule has 5 nitrogen and oxygen atoms in total. The van der Waals surface area contributed by atoms with Crippen LogP contribution < -0.4 is 0 Å². The lowest BCUT2D eigenvalue weighted by Gasteiger charge is -2.15. The van der Waals surface area contributed by atoms with E-state index < -0.39 is 9.84 Å². The van der Waals surface area contributed by atoms with Gasteiger partial charge >= 0.3 is 0 Å². The second-order valence-electron chi connectivity index (χ2n) is 5.64. The zero-order valence-corrected chi connectivity index (χ0v) is 14.4. The Morgan fingerprint density at radius 1 is 1.09 bits per heavy atom. The number of hydrogen-bond donors (Lipinski definition) is 0. The minimum atomic E-state index is -3.45. The molecule has 0 unspecified atom stereocenters. The highest BCUT2D eigenvalue weighted by Gasteiger charge is 2.18. The van der Waals surface area contributed by atoms with E-state index in [1.807, 2.05) is 26.0 Å². The van der Waals surface area contributed by atoms with E-state index in [0.29, 0.717) is 12.3 Å². The van der Waals surface area contributed by atoms with E-state index >= 15 is 0 Å². The minimum absolute atomic E-state index is 0.0492. The molecule has 2 aromatic rings. The SMILES string of the molecule is Cc1ccc(S(=O)(=O)CCC(=O)N(C)Cc2ccc(C)o2)cc1. The summed E-state index contributed by atoms with van der Waals surface area (Å²) in [5, 5.41) is 0. The molecule has 0 aliphatic carbocycles. The van der Waals surface area contributed by atoms with Gasteiger partial charge in [-0.2, -0.15) is 0 Å². The highest BCUT2D eigenvalue weighted by molar-refractivity contribution is 7.91. The molecule has 0 saturated carbocycles. The first-order chi connectivity index (χ1) is 10.8. The smallest absolute Gasteiger partial charge is 0.223 e. The molecule has 0 aliphatic heterocycles. The molecule has 1 aromatic carbocycles. The van der Waals surface area contributed by atoms with Gasteiger partial charge in [-0.15, -0.1) is 0 Å². The third-order valence-corrected chi connectivity index (χ3v) is 5.31. The van der Waals surface area contributed by atoms with Crippen LogP contribution in [-0.2, 0) is 21.2 Å². The van der Waals surface area contributed by atoms with Crippen LogP contribution in [0, 0.1) is 13.8 Å². The number of rotatable bonds is 6. The largest absolute Gasteiger partial charge is 0.464 e. The molecule has 0 saturated heterocycles. The molecule has 0 fully saturated rings. The number of nitrogens with zero attached hydrogens (tertiary/aromatic N) is 1. The van der Waals surface area contributed by atoms with Crippen molar-refractivity contribution in [3.05, 3.63) is 53.5 Å². The Hall–Kier alpha value is -2.08. The normalized spacial score (nSPS) is 11.4. The molecule has 23 heavy (non-hydrogen) atoms. The van der Waals surface area contributed by atoms with Gasteiger partial charge in [-0.25, -0.2) is 8.42 Å². The molecule has 1 heterocycles. The Morgan fingerprint density at radius 3 is 2.30 bits per heavy atom. The quantitative estimate of drug-likeness (QED) is 0.814. The second-order valence-corrected chi connectivity index (χ2v) is 7.75. The number of benzene rings is 1. The summed E-state index contributed by atoms with van der Waals surface area (Å²) in [6, 6.07) is 10.3. The Balaban J connectivity index is 1.93. The van der Waals surface area contributed by atoms with Crippen molar-refractivity contribution in [2.75, 3.05) is 12.8 Å². The zero-order valence-electron chi connectivity index (χ0n) is 13.6. The summed E-state index contributed by atoms with van der Waals surface area (Å²) in [5.74, 6) is 1.04. The predicted molar refractivity (Wildman–Crippen MR) is 87.8 cm³/mol. The summed E-state index contributed by atoms with van der Waals surface area (Å²) in [4.78, 5) is 13.8. The molecule has 6 heteroatoms. The van der Waals surface area contributed by atoms with Gasteiger partial charge in [0.25, 0.3) is 0 Å². The van der Waals surface area contributed by atoms with Crippen LogP contribution in [0.25, 0.3) is 0 Å². The van der Waals surface area contributed by atoms with Gasteiger partial charge in [0.2, 0.25) is 5.91 Å². The molecule has 0 N–H and O–H groups in total. The topological polar surface area (TPSA) is 67.6 Å². The number of carbonyl (C=O) groups is 1. The summed E-state index contributed by atoms with van der Waals surface area (Å²) < 4.78 is 29.9. The Kier molecular flexibility index (Phi) is 5.26. The van der Waals surface area contributed by atoms with Crippen LogP contribution in [0.4, 0.5) is 0 Å². The zero-order chi connectivity index (χ0) is 17.0. The van der Waals surface area contributed by atoms with E-state index in [4.69, 9.17) is 4.42 Å². The first-order valence-electron chi connectivity index (χ1n) is 7.36. The van der Waals surface area contributed by atoms with Crippen LogP contribution in [0.5, 0.6) is 0 Å². The van der Waals surface area contributed by atoms with Gasteiger partial charge in [0.15, 0.2) is 9.84 Å². The van der Waals surface area contributed by atoms with Crippen LogP contribution in [0.15, 0.2) is 45.7 Å². The highest BCUT2D eigenvalue weighted by atomic mass is 32.2. The first kappa shape index (κ1) is 17.3. The van der Waals surface area contributed by atoms with Gasteiger partial charge in [0.05, 0.1) is 17.2 Å². The molecule has 0 bridgehead atoms. The molecule has 0 atom stereocenters. The third-order valence-electron chi connectivity index (χ3n) is 3.58. The summed E-state index contributed by atoms with van der Waals surface area (Å²) in [6.45, 7) is 4.06. The van der Waals surface area contributed by atoms with E-state index in [2.05, 4.69) is 0 Å². The molecular formula is C17H21NO4S. The van der Waals surface area contributed by atoms with Gasteiger partial charge in [-0.1, -0.05) is 17.7 Å². The molecule has 124 valence electrons. The molecular weight excluding hydrogens is 314 g/mol. The fourth-order valence-electron chi connectivity index (χ4n) is 2.17. The number of amides is 1. The van der Waals surface area contributed by atoms with Crippen molar-refractivity contribution in [3.8, 4) is 0 Å². The molecule has 0 radical (unpaired) electrons. The van der Waals surface area contributed by atoms with E-state index in [0.717, 1.165) is 11.3 Å². The van der Waals surface area contributed by atoms with Crippen molar-refractivity contribution in [3.63, 3.8) is 0 Å². The summed E-state index contributed by atoms with van der Waals surface area (Å²) in [7, 11) is -1.81. The minimum Gasteiger partial charge on any atom is -0.464 e. The maximum absolute atomic E-state index is 12.2. The standard InChI is InChI=1S/C17H21NO4S/c1-13-4-8-16(9-5-13)23(20,21)11-10-17(19)18(3)12-15-7-6-14(2)22-15/h4-9H,10-12H2,1-3H3. The van der Waals surface area contributed by atoms with Gasteiger partial charge in [0.1, 0.15) is 11.5 Å². The lowest BCUT2D eigenvalue weighted by molar-refractivity contribution is -0.130. The molecule has 0 spiro atoms. The summed E-state index contributed by atoms with van der Waals surface area (Å²) in [6.07, 6.45) is -0.0492. The van der Waals surface area contributed by atoms with E-state index in [-0.39, 0.29) is 23.0 Å². The number of hydrogen-bond acceptors (Lipinski definition) is 4.